The largest absolute Gasteiger partial charge is 0.335 e. The average molecular weight is 292 g/mol. The van der Waals surface area contributed by atoms with E-state index in [0.717, 1.165) is 27.2 Å². The van der Waals surface area contributed by atoms with Gasteiger partial charge in [0.2, 0.25) is 0 Å². The normalized spacial score (nSPS) is 11.2. The van der Waals surface area contributed by atoms with Crippen LogP contribution < -0.4 is 0 Å². The van der Waals surface area contributed by atoms with Crippen LogP contribution in [0, 0.1) is 6.92 Å². The SMILES string of the molecule is Cc1cc(-c2nc3ncc(Br)cc3[nH]2)n(C)n1. The summed E-state index contributed by atoms with van der Waals surface area (Å²) in [4.78, 5) is 11.9. The van der Waals surface area contributed by atoms with Gasteiger partial charge in [0.05, 0.1) is 11.2 Å². The molecule has 0 radical (unpaired) electrons. The number of aryl methyl sites for hydroxylation is 2. The summed E-state index contributed by atoms with van der Waals surface area (Å²) in [6.07, 6.45) is 1.74. The van der Waals surface area contributed by atoms with Gasteiger partial charge >= 0.3 is 0 Å². The molecule has 3 rings (SSSR count). The summed E-state index contributed by atoms with van der Waals surface area (Å²) < 4.78 is 2.74. The number of fused-ring (bicyclic) bond motifs is 1. The molecule has 0 atom stereocenters. The first-order valence-electron chi connectivity index (χ1n) is 5.16. The van der Waals surface area contributed by atoms with Crippen LogP contribution in [0.5, 0.6) is 0 Å². The number of halogens is 1. The minimum absolute atomic E-state index is 0.710. The zero-order valence-electron chi connectivity index (χ0n) is 9.40. The van der Waals surface area contributed by atoms with Crippen molar-refractivity contribution >= 4 is 27.1 Å². The van der Waals surface area contributed by atoms with E-state index in [9.17, 15) is 0 Å². The fourth-order valence-corrected chi connectivity index (χ4v) is 2.16. The van der Waals surface area contributed by atoms with Crippen LogP contribution in [0.1, 0.15) is 5.69 Å². The lowest BCUT2D eigenvalue weighted by Crippen LogP contribution is -1.94. The molecule has 6 heteroatoms. The van der Waals surface area contributed by atoms with Gasteiger partial charge in [-0.3, -0.25) is 4.68 Å². The molecule has 0 aliphatic carbocycles. The highest BCUT2D eigenvalue weighted by atomic mass is 79.9. The van der Waals surface area contributed by atoms with E-state index in [4.69, 9.17) is 0 Å². The summed E-state index contributed by atoms with van der Waals surface area (Å²) in [6, 6.07) is 3.95. The Morgan fingerprint density at radius 1 is 1.35 bits per heavy atom. The van der Waals surface area contributed by atoms with Crippen LogP contribution in [0.3, 0.4) is 0 Å². The molecule has 3 aromatic heterocycles. The van der Waals surface area contributed by atoms with Crippen molar-refractivity contribution in [3.8, 4) is 11.5 Å². The lowest BCUT2D eigenvalue weighted by Gasteiger charge is -1.95. The maximum atomic E-state index is 4.45. The Hall–Kier alpha value is -1.69. The summed E-state index contributed by atoms with van der Waals surface area (Å²) in [6.45, 7) is 1.96. The second kappa shape index (κ2) is 3.66. The van der Waals surface area contributed by atoms with Gasteiger partial charge in [0.15, 0.2) is 11.5 Å². The molecule has 1 N–H and O–H groups in total. The van der Waals surface area contributed by atoms with E-state index in [2.05, 4.69) is 36.0 Å². The smallest absolute Gasteiger partial charge is 0.178 e. The Kier molecular flexibility index (Phi) is 2.25. The van der Waals surface area contributed by atoms with Crippen molar-refractivity contribution in [1.82, 2.24) is 24.7 Å². The highest BCUT2D eigenvalue weighted by Gasteiger charge is 2.10. The third-order valence-corrected chi connectivity index (χ3v) is 2.98. The number of nitrogens with one attached hydrogen (secondary N) is 1. The maximum Gasteiger partial charge on any atom is 0.178 e. The van der Waals surface area contributed by atoms with Gasteiger partial charge in [-0.15, -0.1) is 0 Å². The van der Waals surface area contributed by atoms with Crippen LogP contribution in [0.2, 0.25) is 0 Å². The predicted molar refractivity (Wildman–Crippen MR) is 68.5 cm³/mol. The van der Waals surface area contributed by atoms with Crippen LogP contribution in [0.15, 0.2) is 22.8 Å². The second-order valence-corrected chi connectivity index (χ2v) is 4.82. The molecule has 0 spiro atoms. The number of hydrogen-bond donors (Lipinski definition) is 1. The number of rotatable bonds is 1. The minimum Gasteiger partial charge on any atom is -0.335 e. The van der Waals surface area contributed by atoms with Crippen molar-refractivity contribution in [2.75, 3.05) is 0 Å². The van der Waals surface area contributed by atoms with Crippen molar-refractivity contribution < 1.29 is 0 Å². The number of aromatic amines is 1. The molecular formula is C11H10BrN5. The highest BCUT2D eigenvalue weighted by molar-refractivity contribution is 9.10. The van der Waals surface area contributed by atoms with Crippen LogP contribution in [0.25, 0.3) is 22.7 Å². The first-order chi connectivity index (χ1) is 8.13. The van der Waals surface area contributed by atoms with Gasteiger partial charge in [-0.2, -0.15) is 5.10 Å². The number of aromatic nitrogens is 5. The quantitative estimate of drug-likeness (QED) is 0.749. The Bertz CT molecular complexity index is 697. The number of pyridine rings is 1. The molecule has 0 saturated carbocycles. The Morgan fingerprint density at radius 2 is 2.18 bits per heavy atom. The molecule has 0 aliphatic rings. The van der Waals surface area contributed by atoms with Crippen molar-refractivity contribution in [3.05, 3.63) is 28.5 Å². The molecule has 3 aromatic rings. The molecule has 0 aliphatic heterocycles. The Labute approximate surface area is 106 Å². The van der Waals surface area contributed by atoms with Gasteiger partial charge < -0.3 is 4.98 Å². The Balaban J connectivity index is 2.21. The van der Waals surface area contributed by atoms with Crippen LogP contribution in [-0.2, 0) is 7.05 Å². The summed E-state index contributed by atoms with van der Waals surface area (Å²) >= 11 is 3.39. The zero-order valence-corrected chi connectivity index (χ0v) is 11.0. The van der Waals surface area contributed by atoms with Gasteiger partial charge in [0, 0.05) is 17.7 Å². The molecule has 0 unspecified atom stereocenters. The van der Waals surface area contributed by atoms with E-state index in [1.54, 1.807) is 6.20 Å². The fraction of sp³-hybridized carbons (Fsp3) is 0.182. The zero-order chi connectivity index (χ0) is 12.0. The summed E-state index contributed by atoms with van der Waals surface area (Å²) in [5.74, 6) is 0.786. The summed E-state index contributed by atoms with van der Waals surface area (Å²) in [5.41, 5.74) is 3.55. The fourth-order valence-electron chi connectivity index (χ4n) is 1.83. The van der Waals surface area contributed by atoms with Crippen molar-refractivity contribution in [1.29, 1.82) is 0 Å². The summed E-state index contributed by atoms with van der Waals surface area (Å²) in [5, 5.41) is 4.30. The van der Waals surface area contributed by atoms with Gasteiger partial charge in [-0.05, 0) is 35.0 Å². The van der Waals surface area contributed by atoms with Crippen LogP contribution in [-0.4, -0.2) is 24.7 Å². The first kappa shape index (κ1) is 10.5. The minimum atomic E-state index is 0.710. The third-order valence-electron chi connectivity index (χ3n) is 2.55. The average Bonchev–Trinajstić information content (AvgIpc) is 2.80. The van der Waals surface area contributed by atoms with Gasteiger partial charge in [-0.1, -0.05) is 0 Å². The molecule has 0 amide bonds. The first-order valence-corrected chi connectivity index (χ1v) is 5.95. The van der Waals surface area contributed by atoms with Gasteiger partial charge in [0.25, 0.3) is 0 Å². The van der Waals surface area contributed by atoms with Gasteiger partial charge in [0.1, 0.15) is 5.69 Å². The van der Waals surface area contributed by atoms with Crippen molar-refractivity contribution in [2.24, 2.45) is 7.05 Å². The van der Waals surface area contributed by atoms with E-state index in [1.807, 2.05) is 30.8 Å². The Morgan fingerprint density at radius 3 is 2.88 bits per heavy atom. The lowest BCUT2D eigenvalue weighted by molar-refractivity contribution is 0.760. The highest BCUT2D eigenvalue weighted by Crippen LogP contribution is 2.21. The number of hydrogen-bond acceptors (Lipinski definition) is 3. The molecule has 86 valence electrons. The number of imidazole rings is 1. The van der Waals surface area contributed by atoms with E-state index in [0.29, 0.717) is 5.65 Å². The van der Waals surface area contributed by atoms with Crippen molar-refractivity contribution in [2.45, 2.75) is 6.92 Å². The van der Waals surface area contributed by atoms with Crippen LogP contribution in [0.4, 0.5) is 0 Å². The van der Waals surface area contributed by atoms with Gasteiger partial charge in [-0.25, -0.2) is 9.97 Å². The van der Waals surface area contributed by atoms with E-state index in [1.165, 1.54) is 0 Å². The molecule has 0 fully saturated rings. The lowest BCUT2D eigenvalue weighted by atomic mass is 10.3. The molecule has 0 saturated heterocycles. The number of H-pyrrole nitrogens is 1. The predicted octanol–water partition coefficient (Wildman–Crippen LogP) is 2.43. The standard InChI is InChI=1S/C11H10BrN5/c1-6-3-9(17(2)16-6)11-14-8-4-7(12)5-13-10(8)15-11/h3-5H,1-2H3,(H,13,14,15). The van der Waals surface area contributed by atoms with E-state index >= 15 is 0 Å². The second-order valence-electron chi connectivity index (χ2n) is 3.90. The monoisotopic (exact) mass is 291 g/mol. The molecule has 5 nitrogen and oxygen atoms in total. The topological polar surface area (TPSA) is 59.4 Å². The molecule has 0 bridgehead atoms. The third kappa shape index (κ3) is 1.74. The van der Waals surface area contributed by atoms with Crippen molar-refractivity contribution in [3.63, 3.8) is 0 Å². The molecule has 0 aromatic carbocycles. The number of nitrogens with zero attached hydrogens (tertiary/aromatic N) is 4. The maximum absolute atomic E-state index is 4.45. The molecule has 3 heterocycles. The van der Waals surface area contributed by atoms with Crippen LogP contribution >= 0.6 is 15.9 Å². The molecule has 17 heavy (non-hydrogen) atoms. The van der Waals surface area contributed by atoms with E-state index < -0.39 is 0 Å². The van der Waals surface area contributed by atoms with E-state index in [-0.39, 0.29) is 0 Å². The summed E-state index contributed by atoms with van der Waals surface area (Å²) in [7, 11) is 1.90. The molecular weight excluding hydrogens is 282 g/mol.